The topological polar surface area (TPSA) is 41.1 Å². The van der Waals surface area contributed by atoms with E-state index in [9.17, 15) is 4.39 Å². The lowest BCUT2D eigenvalue weighted by Gasteiger charge is -2.06. The molecule has 0 N–H and O–H groups in total. The Hall–Kier alpha value is -2.97. The number of rotatable bonds is 2. The van der Waals surface area contributed by atoms with Crippen molar-refractivity contribution in [2.24, 2.45) is 0 Å². The quantitative estimate of drug-likeness (QED) is 0.515. The molecule has 0 radical (unpaired) electrons. The molecule has 0 fully saturated rings. The number of nitrogens with zero attached hydrogens (tertiary/aromatic N) is 3. The number of aryl methyl sites for hydroxylation is 1. The highest BCUT2D eigenvalue weighted by atomic mass is 32.1. The van der Waals surface area contributed by atoms with Gasteiger partial charge in [0.2, 0.25) is 0 Å². The van der Waals surface area contributed by atoms with Crippen molar-refractivity contribution in [3.05, 3.63) is 71.1 Å². The zero-order chi connectivity index (χ0) is 16.7. The smallest absolute Gasteiger partial charge is 0.141 e. The van der Waals surface area contributed by atoms with E-state index in [1.54, 1.807) is 23.6 Å². The number of hydrogen-bond acceptors (Lipinski definition) is 3. The predicted molar refractivity (Wildman–Crippen MR) is 93.4 cm³/mol. The molecule has 0 unspecified atom stereocenters. The number of halogens is 1. The number of nitriles is 1. The van der Waals surface area contributed by atoms with E-state index >= 15 is 0 Å². The molecule has 0 spiro atoms. The zero-order valence-corrected chi connectivity index (χ0v) is 13.6. The first-order chi connectivity index (χ1) is 11.7. The van der Waals surface area contributed by atoms with Crippen LogP contribution in [0.3, 0.4) is 0 Å². The van der Waals surface area contributed by atoms with E-state index in [4.69, 9.17) is 5.26 Å². The summed E-state index contributed by atoms with van der Waals surface area (Å²) >= 11 is 1.67. The number of fused-ring (bicyclic) bond motifs is 1. The summed E-state index contributed by atoms with van der Waals surface area (Å²) in [6.45, 7) is 2.04. The summed E-state index contributed by atoms with van der Waals surface area (Å²) < 4.78 is 15.8. The molecule has 1 aromatic carbocycles. The summed E-state index contributed by atoms with van der Waals surface area (Å²) in [5, 5.41) is 13.1. The monoisotopic (exact) mass is 333 g/mol. The molecule has 0 bridgehead atoms. The first kappa shape index (κ1) is 14.6. The molecule has 0 amide bonds. The Labute approximate surface area is 142 Å². The highest BCUT2D eigenvalue weighted by Crippen LogP contribution is 2.39. The standard InChI is InChI=1S/C19H12FN3S/c1-12-8-17(13-2-3-15(11-21)18(20)10-13)19(24-12)14-5-7-23-16(9-14)4-6-22-23/h2-10H,1H3. The summed E-state index contributed by atoms with van der Waals surface area (Å²) in [5.41, 5.74) is 3.90. The van der Waals surface area contributed by atoms with Gasteiger partial charge in [-0.25, -0.2) is 8.91 Å². The molecule has 0 saturated heterocycles. The molecule has 3 aromatic heterocycles. The van der Waals surface area contributed by atoms with Crippen molar-refractivity contribution in [2.75, 3.05) is 0 Å². The van der Waals surface area contributed by atoms with Gasteiger partial charge in [-0.1, -0.05) is 6.07 Å². The second-order valence-corrected chi connectivity index (χ2v) is 6.78. The maximum atomic E-state index is 14.0. The Kier molecular flexibility index (Phi) is 3.40. The second kappa shape index (κ2) is 5.59. The van der Waals surface area contributed by atoms with Crippen LogP contribution in [0.2, 0.25) is 0 Å². The molecule has 116 valence electrons. The van der Waals surface area contributed by atoms with Crippen molar-refractivity contribution in [3.63, 3.8) is 0 Å². The largest absolute Gasteiger partial charge is 0.241 e. The fourth-order valence-electron chi connectivity index (χ4n) is 2.78. The van der Waals surface area contributed by atoms with Crippen LogP contribution in [0, 0.1) is 24.1 Å². The molecule has 5 heteroatoms. The lowest BCUT2D eigenvalue weighted by Crippen LogP contribution is -1.88. The maximum absolute atomic E-state index is 14.0. The van der Waals surface area contributed by atoms with E-state index in [-0.39, 0.29) is 5.56 Å². The zero-order valence-electron chi connectivity index (χ0n) is 12.8. The lowest BCUT2D eigenvalue weighted by molar-refractivity contribution is 0.624. The maximum Gasteiger partial charge on any atom is 0.141 e. The summed E-state index contributed by atoms with van der Waals surface area (Å²) in [4.78, 5) is 2.23. The minimum absolute atomic E-state index is 0.0629. The predicted octanol–water partition coefficient (Wildman–Crippen LogP) is 5.05. The van der Waals surface area contributed by atoms with Gasteiger partial charge >= 0.3 is 0 Å². The molecule has 4 aromatic rings. The van der Waals surface area contributed by atoms with Crippen molar-refractivity contribution in [1.82, 2.24) is 9.61 Å². The van der Waals surface area contributed by atoms with E-state index in [0.717, 1.165) is 32.0 Å². The third kappa shape index (κ3) is 2.38. The Bertz CT molecular complexity index is 1100. The number of thiophene rings is 1. The average molecular weight is 333 g/mol. The highest BCUT2D eigenvalue weighted by molar-refractivity contribution is 7.16. The third-order valence-electron chi connectivity index (χ3n) is 3.92. The third-order valence-corrected chi connectivity index (χ3v) is 5.02. The van der Waals surface area contributed by atoms with Gasteiger partial charge in [0.05, 0.1) is 11.1 Å². The van der Waals surface area contributed by atoms with Crippen LogP contribution in [-0.4, -0.2) is 9.61 Å². The molecule has 0 atom stereocenters. The van der Waals surface area contributed by atoms with Crippen LogP contribution in [0.5, 0.6) is 0 Å². The molecule has 3 nitrogen and oxygen atoms in total. The molecule has 0 saturated carbocycles. The van der Waals surface area contributed by atoms with Crippen LogP contribution < -0.4 is 0 Å². The molecule has 4 rings (SSSR count). The van der Waals surface area contributed by atoms with E-state index in [2.05, 4.69) is 17.2 Å². The summed E-state index contributed by atoms with van der Waals surface area (Å²) in [6, 6.07) is 14.7. The van der Waals surface area contributed by atoms with Crippen molar-refractivity contribution < 1.29 is 4.39 Å². The Morgan fingerprint density at radius 3 is 2.79 bits per heavy atom. The fraction of sp³-hybridized carbons (Fsp3) is 0.0526. The number of pyridine rings is 1. The van der Waals surface area contributed by atoms with Gasteiger partial charge < -0.3 is 0 Å². The number of benzene rings is 1. The SMILES string of the molecule is Cc1cc(-c2ccc(C#N)c(F)c2)c(-c2ccn3nccc3c2)s1. The van der Waals surface area contributed by atoms with Crippen molar-refractivity contribution >= 4 is 16.9 Å². The van der Waals surface area contributed by atoms with Crippen LogP contribution in [0.1, 0.15) is 10.4 Å². The van der Waals surface area contributed by atoms with Gasteiger partial charge in [0.25, 0.3) is 0 Å². The van der Waals surface area contributed by atoms with Gasteiger partial charge in [0.1, 0.15) is 11.9 Å². The molecule has 0 aliphatic rings. The van der Waals surface area contributed by atoms with Crippen molar-refractivity contribution in [1.29, 1.82) is 5.26 Å². The average Bonchev–Trinajstić information content (AvgIpc) is 3.20. The Morgan fingerprint density at radius 2 is 2.00 bits per heavy atom. The van der Waals surface area contributed by atoms with Crippen molar-refractivity contribution in [3.8, 4) is 27.6 Å². The summed E-state index contributed by atoms with van der Waals surface area (Å²) in [6.07, 6.45) is 3.68. The molecule has 24 heavy (non-hydrogen) atoms. The van der Waals surface area contributed by atoms with Crippen LogP contribution in [-0.2, 0) is 0 Å². The van der Waals surface area contributed by atoms with Gasteiger partial charge in [0.15, 0.2) is 0 Å². The molecule has 0 aliphatic heterocycles. The molecular formula is C19H12FN3S. The fourth-order valence-corrected chi connectivity index (χ4v) is 3.81. The molecule has 3 heterocycles. The van der Waals surface area contributed by atoms with Crippen LogP contribution in [0.15, 0.2) is 54.9 Å². The van der Waals surface area contributed by atoms with Gasteiger partial charge in [-0.3, -0.25) is 0 Å². The van der Waals surface area contributed by atoms with Crippen LogP contribution in [0.25, 0.3) is 27.1 Å². The number of aromatic nitrogens is 2. The minimum atomic E-state index is -0.490. The minimum Gasteiger partial charge on any atom is -0.241 e. The van der Waals surface area contributed by atoms with Gasteiger partial charge in [-0.05, 0) is 54.4 Å². The first-order valence-corrected chi connectivity index (χ1v) is 8.21. The lowest BCUT2D eigenvalue weighted by atomic mass is 10.0. The Balaban J connectivity index is 1.89. The van der Waals surface area contributed by atoms with Gasteiger partial charge in [0, 0.05) is 27.7 Å². The summed E-state index contributed by atoms with van der Waals surface area (Å²) in [5.74, 6) is -0.490. The van der Waals surface area contributed by atoms with E-state index < -0.39 is 5.82 Å². The number of hydrogen-bond donors (Lipinski definition) is 0. The van der Waals surface area contributed by atoms with E-state index in [0.29, 0.717) is 0 Å². The second-order valence-electron chi connectivity index (χ2n) is 5.52. The Morgan fingerprint density at radius 1 is 1.12 bits per heavy atom. The van der Waals surface area contributed by atoms with Crippen LogP contribution >= 0.6 is 11.3 Å². The molecular weight excluding hydrogens is 321 g/mol. The van der Waals surface area contributed by atoms with Crippen molar-refractivity contribution in [2.45, 2.75) is 6.92 Å². The highest BCUT2D eigenvalue weighted by Gasteiger charge is 2.14. The van der Waals surface area contributed by atoms with Crippen LogP contribution in [0.4, 0.5) is 4.39 Å². The van der Waals surface area contributed by atoms with E-state index in [1.165, 1.54) is 12.1 Å². The molecule has 0 aliphatic carbocycles. The van der Waals surface area contributed by atoms with Gasteiger partial charge in [-0.15, -0.1) is 11.3 Å². The first-order valence-electron chi connectivity index (χ1n) is 7.40. The normalized spacial score (nSPS) is 10.9. The van der Waals surface area contributed by atoms with Gasteiger partial charge in [-0.2, -0.15) is 10.4 Å². The summed E-state index contributed by atoms with van der Waals surface area (Å²) in [7, 11) is 0. The van der Waals surface area contributed by atoms with E-state index in [1.807, 2.05) is 35.8 Å².